The van der Waals surface area contributed by atoms with E-state index < -0.39 is 10.0 Å². The third kappa shape index (κ3) is 3.40. The van der Waals surface area contributed by atoms with Crippen LogP contribution in [0.2, 0.25) is 5.02 Å². The van der Waals surface area contributed by atoms with E-state index in [-0.39, 0.29) is 10.9 Å². The molecule has 0 saturated carbocycles. The largest absolute Gasteiger partial charge is 0.495 e. The SMILES string of the molecule is COc1ccc(Br)cc1S(=O)(=O)NC1CCc2cc(Cl)ccc21. The second-order valence-corrected chi connectivity index (χ2v) is 8.39. The molecule has 1 aliphatic carbocycles. The maximum atomic E-state index is 12.8. The van der Waals surface area contributed by atoms with Crippen LogP contribution in [0.15, 0.2) is 45.8 Å². The van der Waals surface area contributed by atoms with Crippen molar-refractivity contribution >= 4 is 37.6 Å². The van der Waals surface area contributed by atoms with E-state index in [9.17, 15) is 8.42 Å². The van der Waals surface area contributed by atoms with Crippen LogP contribution in [0.5, 0.6) is 5.75 Å². The number of halogens is 2. The van der Waals surface area contributed by atoms with Crippen molar-refractivity contribution in [2.24, 2.45) is 0 Å². The Hall–Kier alpha value is -1.08. The predicted octanol–water partition coefficient (Wildman–Crippen LogP) is 4.08. The molecule has 0 amide bonds. The van der Waals surface area contributed by atoms with Crippen molar-refractivity contribution < 1.29 is 13.2 Å². The number of methoxy groups -OCH3 is 1. The van der Waals surface area contributed by atoms with Gasteiger partial charge in [-0.15, -0.1) is 0 Å². The summed E-state index contributed by atoms with van der Waals surface area (Å²) in [6.07, 6.45) is 1.52. The molecule has 0 saturated heterocycles. The third-order valence-electron chi connectivity index (χ3n) is 3.90. The van der Waals surface area contributed by atoms with Crippen molar-refractivity contribution in [2.75, 3.05) is 7.11 Å². The number of hydrogen-bond acceptors (Lipinski definition) is 3. The highest BCUT2D eigenvalue weighted by Gasteiger charge is 2.29. The number of benzene rings is 2. The van der Waals surface area contributed by atoms with E-state index in [1.807, 2.05) is 12.1 Å². The fourth-order valence-corrected chi connectivity index (χ4v) is 4.97. The van der Waals surface area contributed by atoms with Crippen LogP contribution >= 0.6 is 27.5 Å². The van der Waals surface area contributed by atoms with Crippen molar-refractivity contribution in [3.8, 4) is 5.75 Å². The second-order valence-electron chi connectivity index (χ2n) is 5.35. The molecule has 2 aromatic rings. The van der Waals surface area contributed by atoms with Crippen LogP contribution in [-0.4, -0.2) is 15.5 Å². The Bertz CT molecular complexity index is 854. The van der Waals surface area contributed by atoms with Gasteiger partial charge in [0.05, 0.1) is 7.11 Å². The Morgan fingerprint density at radius 3 is 2.78 bits per heavy atom. The van der Waals surface area contributed by atoms with Crippen LogP contribution in [0.25, 0.3) is 0 Å². The van der Waals surface area contributed by atoms with E-state index in [1.54, 1.807) is 24.3 Å². The second kappa shape index (κ2) is 6.43. The predicted molar refractivity (Wildman–Crippen MR) is 93.5 cm³/mol. The molecule has 23 heavy (non-hydrogen) atoms. The van der Waals surface area contributed by atoms with E-state index in [4.69, 9.17) is 16.3 Å². The van der Waals surface area contributed by atoms with Gasteiger partial charge in [-0.3, -0.25) is 0 Å². The third-order valence-corrected chi connectivity index (χ3v) is 6.12. The normalized spacial score (nSPS) is 17.1. The Balaban J connectivity index is 1.93. The number of sulfonamides is 1. The quantitative estimate of drug-likeness (QED) is 0.817. The number of rotatable bonds is 4. The molecule has 0 spiro atoms. The van der Waals surface area contributed by atoms with Crippen LogP contribution in [-0.2, 0) is 16.4 Å². The zero-order valence-corrected chi connectivity index (χ0v) is 15.5. The van der Waals surface area contributed by atoms with Crippen LogP contribution in [0.3, 0.4) is 0 Å². The molecule has 1 unspecified atom stereocenters. The van der Waals surface area contributed by atoms with Gasteiger partial charge >= 0.3 is 0 Å². The van der Waals surface area contributed by atoms with Crippen LogP contribution in [0.4, 0.5) is 0 Å². The lowest BCUT2D eigenvalue weighted by molar-refractivity contribution is 0.402. The Morgan fingerprint density at radius 1 is 1.26 bits per heavy atom. The molecular weight excluding hydrogens is 402 g/mol. The topological polar surface area (TPSA) is 55.4 Å². The van der Waals surface area contributed by atoms with Gasteiger partial charge in [-0.2, -0.15) is 0 Å². The number of nitrogens with one attached hydrogen (secondary N) is 1. The van der Waals surface area contributed by atoms with E-state index in [0.717, 1.165) is 17.5 Å². The zero-order valence-electron chi connectivity index (χ0n) is 12.3. The van der Waals surface area contributed by atoms with Gasteiger partial charge < -0.3 is 4.74 Å². The van der Waals surface area contributed by atoms with Gasteiger partial charge in [0.25, 0.3) is 0 Å². The number of aryl methyl sites for hydroxylation is 1. The van der Waals surface area contributed by atoms with Gasteiger partial charge in [0.15, 0.2) is 0 Å². The van der Waals surface area contributed by atoms with Gasteiger partial charge in [0, 0.05) is 15.5 Å². The minimum Gasteiger partial charge on any atom is -0.495 e. The first-order chi connectivity index (χ1) is 10.9. The molecule has 7 heteroatoms. The Morgan fingerprint density at radius 2 is 2.04 bits per heavy atom. The van der Waals surface area contributed by atoms with Gasteiger partial charge in [0.2, 0.25) is 10.0 Å². The van der Waals surface area contributed by atoms with E-state index in [2.05, 4.69) is 20.7 Å². The van der Waals surface area contributed by atoms with Crippen molar-refractivity contribution in [1.29, 1.82) is 0 Å². The van der Waals surface area contributed by atoms with Gasteiger partial charge in [-0.1, -0.05) is 33.6 Å². The molecule has 3 rings (SSSR count). The Kier molecular flexibility index (Phi) is 4.69. The average molecular weight is 417 g/mol. The fraction of sp³-hybridized carbons (Fsp3) is 0.250. The first-order valence-electron chi connectivity index (χ1n) is 7.05. The summed E-state index contributed by atoms with van der Waals surface area (Å²) in [5.41, 5.74) is 2.07. The lowest BCUT2D eigenvalue weighted by Crippen LogP contribution is -2.27. The molecular formula is C16H15BrClNO3S. The molecule has 0 aromatic heterocycles. The summed E-state index contributed by atoms with van der Waals surface area (Å²) in [6.45, 7) is 0. The molecule has 0 fully saturated rings. The fourth-order valence-electron chi connectivity index (χ4n) is 2.82. The van der Waals surface area contributed by atoms with Crippen molar-refractivity contribution in [3.05, 3.63) is 57.0 Å². The Labute approximate surface area is 149 Å². The molecule has 1 atom stereocenters. The first kappa shape index (κ1) is 16.8. The van der Waals surface area contributed by atoms with E-state index >= 15 is 0 Å². The smallest absolute Gasteiger partial charge is 0.244 e. The maximum absolute atomic E-state index is 12.8. The molecule has 4 nitrogen and oxygen atoms in total. The van der Waals surface area contributed by atoms with Gasteiger partial charge in [-0.25, -0.2) is 13.1 Å². The summed E-state index contributed by atoms with van der Waals surface area (Å²) in [4.78, 5) is 0.122. The molecule has 0 heterocycles. The summed E-state index contributed by atoms with van der Waals surface area (Å²) < 4.78 is 34.2. The first-order valence-corrected chi connectivity index (χ1v) is 9.70. The molecule has 1 N–H and O–H groups in total. The molecule has 0 aliphatic heterocycles. The van der Waals surface area contributed by atoms with E-state index in [1.165, 1.54) is 7.11 Å². The lowest BCUT2D eigenvalue weighted by atomic mass is 10.1. The zero-order chi connectivity index (χ0) is 16.6. The van der Waals surface area contributed by atoms with Gasteiger partial charge in [-0.05, 0) is 54.3 Å². The molecule has 122 valence electrons. The summed E-state index contributed by atoms with van der Waals surface area (Å²) in [7, 11) is -2.25. The van der Waals surface area contributed by atoms with E-state index in [0.29, 0.717) is 21.7 Å². The lowest BCUT2D eigenvalue weighted by Gasteiger charge is -2.16. The number of hydrogen-bond donors (Lipinski definition) is 1. The minimum absolute atomic E-state index is 0.122. The summed E-state index contributed by atoms with van der Waals surface area (Å²) in [5, 5.41) is 0.668. The van der Waals surface area contributed by atoms with Crippen LogP contribution in [0, 0.1) is 0 Å². The van der Waals surface area contributed by atoms with Gasteiger partial charge in [0.1, 0.15) is 10.6 Å². The highest BCUT2D eigenvalue weighted by Crippen LogP contribution is 2.35. The van der Waals surface area contributed by atoms with Crippen LogP contribution < -0.4 is 9.46 Å². The number of ether oxygens (including phenoxy) is 1. The van der Waals surface area contributed by atoms with Crippen LogP contribution in [0.1, 0.15) is 23.6 Å². The van der Waals surface area contributed by atoms with Crippen molar-refractivity contribution in [3.63, 3.8) is 0 Å². The van der Waals surface area contributed by atoms with Crippen molar-refractivity contribution in [2.45, 2.75) is 23.8 Å². The van der Waals surface area contributed by atoms with Crippen molar-refractivity contribution in [1.82, 2.24) is 4.72 Å². The average Bonchev–Trinajstić information content (AvgIpc) is 2.88. The molecule has 1 aliphatic rings. The molecule has 2 aromatic carbocycles. The monoisotopic (exact) mass is 415 g/mol. The minimum atomic E-state index is -3.70. The summed E-state index contributed by atoms with van der Waals surface area (Å²) >= 11 is 9.30. The number of fused-ring (bicyclic) bond motifs is 1. The highest BCUT2D eigenvalue weighted by atomic mass is 79.9. The summed E-state index contributed by atoms with van der Waals surface area (Å²) in [6, 6.07) is 10.2. The molecule has 0 bridgehead atoms. The maximum Gasteiger partial charge on any atom is 0.244 e. The molecule has 0 radical (unpaired) electrons. The highest BCUT2D eigenvalue weighted by molar-refractivity contribution is 9.10. The summed E-state index contributed by atoms with van der Waals surface area (Å²) in [5.74, 6) is 0.315. The standard InChI is InChI=1S/C16H15BrClNO3S/c1-22-15-7-3-11(17)9-16(15)23(20,21)19-14-6-2-10-8-12(18)4-5-13(10)14/h3-5,7-9,14,19H,2,6H2,1H3.